The van der Waals surface area contributed by atoms with E-state index >= 15 is 0 Å². The van der Waals surface area contributed by atoms with Crippen molar-refractivity contribution in [2.75, 3.05) is 7.11 Å². The zero-order valence-electron chi connectivity index (χ0n) is 10.9. The van der Waals surface area contributed by atoms with Crippen molar-refractivity contribution in [2.24, 2.45) is 0 Å². The normalized spacial score (nSPS) is 21.0. The number of carbonyl (C=O) groups excluding carboxylic acids is 1. The molecule has 4 heteroatoms. The number of benzene rings is 2. The van der Waals surface area contributed by atoms with Gasteiger partial charge in [-0.3, -0.25) is 4.79 Å². The van der Waals surface area contributed by atoms with Crippen LogP contribution < -0.4 is 9.47 Å². The SMILES string of the molecule is COc1cccc2c1C(=O)C(O)C(c1ccccc1)O2. The maximum atomic E-state index is 12.4. The lowest BCUT2D eigenvalue weighted by molar-refractivity contribution is 0.0211. The molecule has 0 fully saturated rings. The first-order chi connectivity index (χ1) is 9.72. The van der Waals surface area contributed by atoms with E-state index in [1.165, 1.54) is 7.11 Å². The van der Waals surface area contributed by atoms with Gasteiger partial charge >= 0.3 is 0 Å². The molecule has 0 bridgehead atoms. The third kappa shape index (κ3) is 1.94. The number of ketones is 1. The van der Waals surface area contributed by atoms with Gasteiger partial charge in [0.1, 0.15) is 17.1 Å². The van der Waals surface area contributed by atoms with Gasteiger partial charge in [0.15, 0.2) is 12.2 Å². The second-order valence-corrected chi connectivity index (χ2v) is 4.59. The van der Waals surface area contributed by atoms with Gasteiger partial charge < -0.3 is 14.6 Å². The van der Waals surface area contributed by atoms with Crippen molar-refractivity contribution in [3.63, 3.8) is 0 Å². The number of aliphatic hydroxyl groups is 1. The highest BCUT2D eigenvalue weighted by Crippen LogP contribution is 2.39. The van der Waals surface area contributed by atoms with Crippen LogP contribution in [0.5, 0.6) is 11.5 Å². The first-order valence-electron chi connectivity index (χ1n) is 6.33. The Labute approximate surface area is 116 Å². The molecule has 0 spiro atoms. The van der Waals surface area contributed by atoms with E-state index in [0.29, 0.717) is 17.1 Å². The number of hydrogen-bond donors (Lipinski definition) is 1. The molecule has 0 radical (unpaired) electrons. The average Bonchev–Trinajstić information content (AvgIpc) is 2.51. The third-order valence-corrected chi connectivity index (χ3v) is 3.39. The summed E-state index contributed by atoms with van der Waals surface area (Å²) in [5.74, 6) is 0.476. The first-order valence-corrected chi connectivity index (χ1v) is 6.33. The van der Waals surface area contributed by atoms with Gasteiger partial charge in [-0.1, -0.05) is 36.4 Å². The average molecular weight is 270 g/mol. The van der Waals surface area contributed by atoms with Crippen LogP contribution in [0, 0.1) is 0 Å². The number of rotatable bonds is 2. The predicted molar refractivity (Wildman–Crippen MR) is 73.1 cm³/mol. The summed E-state index contributed by atoms with van der Waals surface area (Å²) in [6.07, 6.45) is -1.93. The van der Waals surface area contributed by atoms with Crippen LogP contribution in [0.2, 0.25) is 0 Å². The summed E-state index contributed by atoms with van der Waals surface area (Å²) in [6.45, 7) is 0. The standard InChI is InChI=1S/C16H14O4/c1-19-11-8-5-9-12-13(11)14(17)15(18)16(20-12)10-6-3-2-4-7-10/h2-9,15-16,18H,1H3. The van der Waals surface area contributed by atoms with Crippen molar-refractivity contribution in [2.45, 2.75) is 12.2 Å². The molecule has 2 aromatic carbocycles. The molecule has 20 heavy (non-hydrogen) atoms. The summed E-state index contributed by atoms with van der Waals surface area (Å²) < 4.78 is 11.0. The fourth-order valence-electron chi connectivity index (χ4n) is 2.40. The molecule has 1 heterocycles. The molecule has 2 unspecified atom stereocenters. The van der Waals surface area contributed by atoms with E-state index in [-0.39, 0.29) is 5.78 Å². The smallest absolute Gasteiger partial charge is 0.202 e. The van der Waals surface area contributed by atoms with Crippen LogP contribution in [-0.2, 0) is 0 Å². The Morgan fingerprint density at radius 1 is 1.10 bits per heavy atom. The molecule has 0 aliphatic carbocycles. The monoisotopic (exact) mass is 270 g/mol. The van der Waals surface area contributed by atoms with Crippen LogP contribution in [0.4, 0.5) is 0 Å². The molecule has 2 atom stereocenters. The number of aliphatic hydroxyl groups excluding tert-OH is 1. The summed E-state index contributed by atoms with van der Waals surface area (Å²) in [5, 5.41) is 10.2. The van der Waals surface area contributed by atoms with Crippen molar-refractivity contribution in [3.05, 3.63) is 59.7 Å². The number of Topliss-reactive ketones (excluding diaryl/α,β-unsaturated/α-hetero) is 1. The summed E-state index contributed by atoms with van der Waals surface area (Å²) in [4.78, 5) is 12.4. The molecule has 0 aromatic heterocycles. The number of hydrogen-bond acceptors (Lipinski definition) is 4. The first kappa shape index (κ1) is 12.7. The van der Waals surface area contributed by atoms with E-state index in [0.717, 1.165) is 5.56 Å². The van der Waals surface area contributed by atoms with E-state index in [2.05, 4.69) is 0 Å². The maximum Gasteiger partial charge on any atom is 0.202 e. The lowest BCUT2D eigenvalue weighted by atomic mass is 9.93. The van der Waals surface area contributed by atoms with E-state index in [1.54, 1.807) is 18.2 Å². The van der Waals surface area contributed by atoms with Gasteiger partial charge in [-0.05, 0) is 17.7 Å². The van der Waals surface area contributed by atoms with Crippen LogP contribution >= 0.6 is 0 Å². The molecule has 1 aliphatic rings. The molecule has 102 valence electrons. The van der Waals surface area contributed by atoms with Crippen molar-refractivity contribution < 1.29 is 19.4 Å². The van der Waals surface area contributed by atoms with Gasteiger partial charge in [0.25, 0.3) is 0 Å². The minimum absolute atomic E-state index is 0.301. The van der Waals surface area contributed by atoms with Gasteiger partial charge in [-0.2, -0.15) is 0 Å². The van der Waals surface area contributed by atoms with E-state index in [4.69, 9.17) is 9.47 Å². The second-order valence-electron chi connectivity index (χ2n) is 4.59. The Morgan fingerprint density at radius 2 is 1.85 bits per heavy atom. The lowest BCUT2D eigenvalue weighted by Crippen LogP contribution is -2.36. The van der Waals surface area contributed by atoms with Crippen LogP contribution in [-0.4, -0.2) is 24.1 Å². The van der Waals surface area contributed by atoms with Crippen LogP contribution in [0.1, 0.15) is 22.0 Å². The molecule has 2 aromatic rings. The van der Waals surface area contributed by atoms with Crippen molar-refractivity contribution in [1.29, 1.82) is 0 Å². The van der Waals surface area contributed by atoms with Gasteiger partial charge in [-0.15, -0.1) is 0 Å². The maximum absolute atomic E-state index is 12.4. The van der Waals surface area contributed by atoms with Gasteiger partial charge in [-0.25, -0.2) is 0 Å². The minimum atomic E-state index is -1.24. The molecule has 0 saturated carbocycles. The lowest BCUT2D eigenvalue weighted by Gasteiger charge is -2.30. The van der Waals surface area contributed by atoms with Gasteiger partial charge in [0.2, 0.25) is 5.78 Å². The molecular formula is C16H14O4. The van der Waals surface area contributed by atoms with E-state index in [9.17, 15) is 9.90 Å². The highest BCUT2D eigenvalue weighted by molar-refractivity contribution is 6.05. The Morgan fingerprint density at radius 3 is 2.55 bits per heavy atom. The van der Waals surface area contributed by atoms with E-state index < -0.39 is 12.2 Å². The highest BCUT2D eigenvalue weighted by Gasteiger charge is 2.38. The van der Waals surface area contributed by atoms with Crippen LogP contribution in [0.3, 0.4) is 0 Å². The molecule has 0 saturated heterocycles. The largest absolute Gasteiger partial charge is 0.496 e. The Hall–Kier alpha value is -2.33. The molecule has 1 N–H and O–H groups in total. The summed E-state index contributed by atoms with van der Waals surface area (Å²) in [7, 11) is 1.48. The zero-order valence-corrected chi connectivity index (χ0v) is 10.9. The number of methoxy groups -OCH3 is 1. The Kier molecular flexibility index (Phi) is 3.16. The third-order valence-electron chi connectivity index (χ3n) is 3.39. The number of carbonyl (C=O) groups is 1. The quantitative estimate of drug-likeness (QED) is 0.910. The summed E-state index contributed by atoms with van der Waals surface area (Å²) in [5.41, 5.74) is 1.07. The van der Waals surface area contributed by atoms with Crippen molar-refractivity contribution in [1.82, 2.24) is 0 Å². The fraction of sp³-hybridized carbons (Fsp3) is 0.188. The minimum Gasteiger partial charge on any atom is -0.496 e. The zero-order chi connectivity index (χ0) is 14.1. The van der Waals surface area contributed by atoms with Gasteiger partial charge in [0.05, 0.1) is 7.11 Å². The molecule has 1 aliphatic heterocycles. The molecule has 3 rings (SSSR count). The predicted octanol–water partition coefficient (Wildman–Crippen LogP) is 2.37. The van der Waals surface area contributed by atoms with Gasteiger partial charge in [0, 0.05) is 0 Å². The summed E-state index contributed by atoms with van der Waals surface area (Å²) in [6, 6.07) is 14.3. The summed E-state index contributed by atoms with van der Waals surface area (Å²) >= 11 is 0. The van der Waals surface area contributed by atoms with Crippen molar-refractivity contribution >= 4 is 5.78 Å². The topological polar surface area (TPSA) is 55.8 Å². The number of ether oxygens (including phenoxy) is 2. The number of fused-ring (bicyclic) bond motifs is 1. The van der Waals surface area contributed by atoms with Crippen molar-refractivity contribution in [3.8, 4) is 11.5 Å². The fourth-order valence-corrected chi connectivity index (χ4v) is 2.40. The Balaban J connectivity index is 2.06. The molecule has 0 amide bonds. The van der Waals surface area contributed by atoms with Crippen LogP contribution in [0.25, 0.3) is 0 Å². The molecular weight excluding hydrogens is 256 g/mol. The Bertz CT molecular complexity index is 636. The second kappa shape index (κ2) is 4.98. The van der Waals surface area contributed by atoms with E-state index in [1.807, 2.05) is 30.3 Å². The van der Waals surface area contributed by atoms with Crippen LogP contribution in [0.15, 0.2) is 48.5 Å². The highest BCUT2D eigenvalue weighted by atomic mass is 16.5. The molecule has 4 nitrogen and oxygen atoms in total.